The molecule has 1 aromatic rings. The van der Waals surface area contributed by atoms with Gasteiger partial charge < -0.3 is 0 Å². The number of nitriles is 1. The van der Waals surface area contributed by atoms with Crippen LogP contribution in [0, 0.1) is 22.7 Å². The quantitative estimate of drug-likeness (QED) is 0.774. The lowest BCUT2D eigenvalue weighted by Gasteiger charge is -2.35. The zero-order valence-corrected chi connectivity index (χ0v) is 18.5. The molecule has 0 spiro atoms. The molecule has 0 aromatic heterocycles. The summed E-state index contributed by atoms with van der Waals surface area (Å²) in [4.78, 5) is 2.27. The van der Waals surface area contributed by atoms with Crippen molar-refractivity contribution in [3.8, 4) is 6.07 Å². The molecule has 0 bridgehead atoms. The summed E-state index contributed by atoms with van der Waals surface area (Å²) in [6, 6.07) is 12.7. The molecule has 3 rings (SSSR count). The number of nitrogens with zero attached hydrogens (tertiary/aromatic N) is 2. The van der Waals surface area contributed by atoms with Gasteiger partial charge in [-0.1, -0.05) is 48.6 Å². The maximum absolute atomic E-state index is 12.6. The molecule has 29 heavy (non-hydrogen) atoms. The fraction of sp³-hybridized carbons (Fsp3) is 0.522. The van der Waals surface area contributed by atoms with E-state index in [-0.39, 0.29) is 12.0 Å². The monoisotopic (exact) mass is 413 g/mol. The van der Waals surface area contributed by atoms with Crippen LogP contribution in [0.5, 0.6) is 0 Å². The SMILES string of the molecule is CC(C)N1C[C@H](NS(=O)(=O)C(C)C)[C@@H](C2(C#N)C=CC(c3ccccc3)=CC2)C1. The lowest BCUT2D eigenvalue weighted by Crippen LogP contribution is -2.48. The molecule has 1 fully saturated rings. The Balaban J connectivity index is 1.89. The maximum atomic E-state index is 12.6. The Morgan fingerprint density at radius 1 is 1.17 bits per heavy atom. The van der Waals surface area contributed by atoms with E-state index in [1.807, 2.05) is 30.4 Å². The van der Waals surface area contributed by atoms with Gasteiger partial charge in [0.1, 0.15) is 0 Å². The maximum Gasteiger partial charge on any atom is 0.214 e. The van der Waals surface area contributed by atoms with Crippen LogP contribution in [0.15, 0.2) is 48.6 Å². The largest absolute Gasteiger partial charge is 0.299 e. The predicted octanol–water partition coefficient (Wildman–Crippen LogP) is 3.58. The third-order valence-corrected chi connectivity index (χ3v) is 8.08. The van der Waals surface area contributed by atoms with Crippen LogP contribution in [0.3, 0.4) is 0 Å². The molecule has 1 aliphatic carbocycles. The first-order valence-electron chi connectivity index (χ1n) is 10.3. The van der Waals surface area contributed by atoms with Gasteiger partial charge in [0, 0.05) is 31.1 Å². The Bertz CT molecular complexity index is 929. The van der Waals surface area contributed by atoms with E-state index < -0.39 is 20.7 Å². The first-order chi connectivity index (χ1) is 13.7. The summed E-state index contributed by atoms with van der Waals surface area (Å²) in [5.41, 5.74) is 1.52. The highest BCUT2D eigenvalue weighted by atomic mass is 32.2. The van der Waals surface area contributed by atoms with Crippen LogP contribution in [0.4, 0.5) is 0 Å². The Labute approximate surface area is 175 Å². The van der Waals surface area contributed by atoms with Crippen molar-refractivity contribution < 1.29 is 8.42 Å². The van der Waals surface area contributed by atoms with Crippen LogP contribution in [-0.2, 0) is 10.0 Å². The van der Waals surface area contributed by atoms with Gasteiger partial charge >= 0.3 is 0 Å². The van der Waals surface area contributed by atoms with Gasteiger partial charge in [-0.05, 0) is 45.3 Å². The van der Waals surface area contributed by atoms with Gasteiger partial charge in [0.2, 0.25) is 10.0 Å². The number of allylic oxidation sites excluding steroid dienone is 4. The van der Waals surface area contributed by atoms with Crippen molar-refractivity contribution in [1.29, 1.82) is 5.26 Å². The second-order valence-corrected chi connectivity index (χ2v) is 11.0. The number of hydrogen-bond acceptors (Lipinski definition) is 4. The van der Waals surface area contributed by atoms with E-state index in [1.54, 1.807) is 13.8 Å². The molecular weight excluding hydrogens is 382 g/mol. The van der Waals surface area contributed by atoms with Gasteiger partial charge in [-0.25, -0.2) is 13.1 Å². The van der Waals surface area contributed by atoms with Crippen LogP contribution < -0.4 is 4.72 Å². The number of rotatable bonds is 6. The van der Waals surface area contributed by atoms with Crippen molar-refractivity contribution in [2.24, 2.45) is 11.3 Å². The summed E-state index contributed by atoms with van der Waals surface area (Å²) in [5, 5.41) is 9.68. The van der Waals surface area contributed by atoms with Crippen LogP contribution in [0.25, 0.3) is 5.57 Å². The molecule has 1 unspecified atom stereocenters. The molecule has 1 aliphatic heterocycles. The minimum absolute atomic E-state index is 0.103. The molecule has 1 N–H and O–H groups in total. The Kier molecular flexibility index (Phi) is 6.33. The Morgan fingerprint density at radius 3 is 2.38 bits per heavy atom. The average Bonchev–Trinajstić information content (AvgIpc) is 3.12. The fourth-order valence-electron chi connectivity index (χ4n) is 4.18. The first kappa shape index (κ1) is 21.8. The Hall–Kier alpha value is -1.94. The standard InChI is InChI=1S/C23H31N3O2S/c1-17(2)26-14-21(22(15-26)25-29(27,28)18(3)4)23(16-24)12-10-20(11-13-23)19-8-6-5-7-9-19/h5-12,17-18,21-22,25H,13-15H2,1-4H3/t21-,22-,23?/m0/s1. The highest BCUT2D eigenvalue weighted by molar-refractivity contribution is 7.90. The summed E-state index contributed by atoms with van der Waals surface area (Å²) in [6.45, 7) is 8.92. The second-order valence-electron chi connectivity index (χ2n) is 8.69. The normalized spacial score (nSPS) is 28.0. The fourth-order valence-corrected chi connectivity index (χ4v) is 5.12. The molecule has 2 aliphatic rings. The minimum Gasteiger partial charge on any atom is -0.299 e. The van der Waals surface area contributed by atoms with Crippen LogP contribution in [0.1, 0.15) is 39.7 Å². The number of nitrogens with one attached hydrogen (secondary N) is 1. The molecule has 1 heterocycles. The van der Waals surface area contributed by atoms with Crippen molar-refractivity contribution in [1.82, 2.24) is 9.62 Å². The molecule has 6 heteroatoms. The van der Waals surface area contributed by atoms with E-state index >= 15 is 0 Å². The summed E-state index contributed by atoms with van der Waals surface area (Å²) in [5.74, 6) is -0.103. The zero-order valence-electron chi connectivity index (χ0n) is 17.7. The van der Waals surface area contributed by atoms with Crippen LogP contribution >= 0.6 is 0 Å². The van der Waals surface area contributed by atoms with Gasteiger partial charge in [-0.3, -0.25) is 4.90 Å². The zero-order chi connectivity index (χ0) is 21.2. The topological polar surface area (TPSA) is 73.2 Å². The predicted molar refractivity (Wildman–Crippen MR) is 117 cm³/mol. The van der Waals surface area contributed by atoms with Crippen LogP contribution in [0.2, 0.25) is 0 Å². The summed E-state index contributed by atoms with van der Waals surface area (Å²) >= 11 is 0. The van der Waals surface area contributed by atoms with E-state index in [9.17, 15) is 13.7 Å². The third-order valence-electron chi connectivity index (χ3n) is 6.21. The van der Waals surface area contributed by atoms with Crippen molar-refractivity contribution in [3.05, 3.63) is 54.1 Å². The molecule has 1 saturated heterocycles. The molecule has 156 valence electrons. The molecular formula is C23H31N3O2S. The van der Waals surface area contributed by atoms with Crippen molar-refractivity contribution >= 4 is 15.6 Å². The highest BCUT2D eigenvalue weighted by Crippen LogP contribution is 2.43. The molecule has 1 aromatic carbocycles. The summed E-state index contributed by atoms with van der Waals surface area (Å²) < 4.78 is 28.1. The number of likely N-dealkylation sites (tertiary alicyclic amines) is 1. The van der Waals surface area contributed by atoms with E-state index in [1.165, 1.54) is 0 Å². The average molecular weight is 414 g/mol. The third kappa shape index (κ3) is 4.48. The molecule has 0 saturated carbocycles. The van der Waals surface area contributed by atoms with Gasteiger partial charge in [-0.15, -0.1) is 0 Å². The number of sulfonamides is 1. The lowest BCUT2D eigenvalue weighted by atomic mass is 9.69. The van der Waals surface area contributed by atoms with Crippen molar-refractivity contribution in [2.75, 3.05) is 13.1 Å². The number of benzene rings is 1. The molecule has 0 radical (unpaired) electrons. The van der Waals surface area contributed by atoms with Crippen molar-refractivity contribution in [3.63, 3.8) is 0 Å². The van der Waals surface area contributed by atoms with E-state index in [0.717, 1.165) is 11.1 Å². The lowest BCUT2D eigenvalue weighted by molar-refractivity contribution is 0.235. The van der Waals surface area contributed by atoms with Gasteiger partial charge in [-0.2, -0.15) is 5.26 Å². The van der Waals surface area contributed by atoms with E-state index in [0.29, 0.717) is 25.6 Å². The minimum atomic E-state index is -3.42. The Morgan fingerprint density at radius 2 is 1.86 bits per heavy atom. The highest BCUT2D eigenvalue weighted by Gasteiger charge is 2.48. The van der Waals surface area contributed by atoms with E-state index in [4.69, 9.17) is 0 Å². The van der Waals surface area contributed by atoms with Crippen molar-refractivity contribution in [2.45, 2.75) is 51.4 Å². The molecule has 3 atom stereocenters. The second kappa shape index (κ2) is 8.43. The molecule has 0 amide bonds. The number of hydrogen-bond donors (Lipinski definition) is 1. The van der Waals surface area contributed by atoms with Gasteiger partial charge in [0.15, 0.2) is 0 Å². The first-order valence-corrected chi connectivity index (χ1v) is 11.8. The van der Waals surface area contributed by atoms with E-state index in [2.05, 4.69) is 47.7 Å². The summed E-state index contributed by atoms with van der Waals surface area (Å²) in [7, 11) is -3.42. The smallest absolute Gasteiger partial charge is 0.214 e. The molecule has 5 nitrogen and oxygen atoms in total. The van der Waals surface area contributed by atoms with Gasteiger partial charge in [0.05, 0.1) is 16.7 Å². The van der Waals surface area contributed by atoms with Gasteiger partial charge in [0.25, 0.3) is 0 Å². The summed E-state index contributed by atoms with van der Waals surface area (Å²) in [6.07, 6.45) is 6.72. The van der Waals surface area contributed by atoms with Crippen LogP contribution in [-0.4, -0.2) is 43.7 Å².